The molecule has 0 unspecified atom stereocenters. The van der Waals surface area contributed by atoms with Gasteiger partial charge in [-0.25, -0.2) is 18.7 Å². The molecule has 0 saturated heterocycles. The molecule has 0 spiro atoms. The zero-order valence-electron chi connectivity index (χ0n) is 17.4. The van der Waals surface area contributed by atoms with Gasteiger partial charge in [0.05, 0.1) is 11.4 Å². The van der Waals surface area contributed by atoms with Crippen molar-refractivity contribution in [1.29, 1.82) is 0 Å². The molecule has 3 aromatic heterocycles. The summed E-state index contributed by atoms with van der Waals surface area (Å²) in [7, 11) is 0. The minimum absolute atomic E-state index is 0.104. The van der Waals surface area contributed by atoms with Crippen LogP contribution >= 0.6 is 0 Å². The van der Waals surface area contributed by atoms with Gasteiger partial charge >= 0.3 is 0 Å². The van der Waals surface area contributed by atoms with Gasteiger partial charge in [-0.05, 0) is 50.2 Å². The van der Waals surface area contributed by atoms with Gasteiger partial charge in [0.25, 0.3) is 5.91 Å². The Morgan fingerprint density at radius 2 is 1.69 bits per heavy atom. The average Bonchev–Trinajstić information content (AvgIpc) is 3.27. The van der Waals surface area contributed by atoms with E-state index in [1.54, 1.807) is 6.20 Å². The number of carbonyl (C=O) groups excluding carboxylic acids is 1. The van der Waals surface area contributed by atoms with Crippen molar-refractivity contribution in [2.75, 3.05) is 5.73 Å². The highest BCUT2D eigenvalue weighted by Crippen LogP contribution is 2.30. The van der Waals surface area contributed by atoms with Crippen LogP contribution in [0.2, 0.25) is 0 Å². The highest BCUT2D eigenvalue weighted by atomic mass is 19.1. The van der Waals surface area contributed by atoms with Crippen LogP contribution in [0, 0.1) is 25.5 Å². The average molecular weight is 434 g/mol. The maximum atomic E-state index is 13.9. The number of aromatic amines is 1. The number of nitrogens with two attached hydrogens (primary N) is 1. The van der Waals surface area contributed by atoms with Crippen molar-refractivity contribution >= 4 is 11.7 Å². The smallest absolute Gasteiger partial charge is 0.274 e. The number of carbonyl (C=O) groups is 1. The van der Waals surface area contributed by atoms with Gasteiger partial charge in [0.15, 0.2) is 11.5 Å². The Morgan fingerprint density at radius 3 is 2.31 bits per heavy atom. The Hall–Kier alpha value is -4.14. The van der Waals surface area contributed by atoms with E-state index in [0.717, 1.165) is 23.5 Å². The molecule has 0 aliphatic carbocycles. The molecule has 4 aromatic rings. The predicted molar refractivity (Wildman–Crippen MR) is 116 cm³/mol. The molecule has 1 aromatic carbocycles. The van der Waals surface area contributed by atoms with Crippen LogP contribution in [0.15, 0.2) is 48.7 Å². The van der Waals surface area contributed by atoms with E-state index in [4.69, 9.17) is 5.73 Å². The number of pyridine rings is 1. The fraction of sp³-hybridized carbons (Fsp3) is 0.130. The number of aryl methyl sites for hydroxylation is 2. The Morgan fingerprint density at radius 1 is 1.00 bits per heavy atom. The van der Waals surface area contributed by atoms with Crippen molar-refractivity contribution in [3.8, 4) is 22.6 Å². The summed E-state index contributed by atoms with van der Waals surface area (Å²) in [5.74, 6) is -2.31. The number of aromatic nitrogens is 4. The number of H-pyrrole nitrogens is 1. The molecule has 7 nitrogen and oxygen atoms in total. The fourth-order valence-corrected chi connectivity index (χ4v) is 3.41. The second-order valence-corrected chi connectivity index (χ2v) is 7.26. The molecular formula is C23H20F2N6O. The summed E-state index contributed by atoms with van der Waals surface area (Å²) < 4.78 is 27.8. The summed E-state index contributed by atoms with van der Waals surface area (Å²) in [6, 6.07) is 10.8. The quantitative estimate of drug-likeness (QED) is 0.441. The second-order valence-electron chi connectivity index (χ2n) is 7.26. The van der Waals surface area contributed by atoms with E-state index in [-0.39, 0.29) is 23.6 Å². The van der Waals surface area contributed by atoms with Gasteiger partial charge in [-0.1, -0.05) is 6.07 Å². The lowest BCUT2D eigenvalue weighted by atomic mass is 10.1. The van der Waals surface area contributed by atoms with Crippen molar-refractivity contribution in [1.82, 2.24) is 25.3 Å². The van der Waals surface area contributed by atoms with Gasteiger partial charge < -0.3 is 16.0 Å². The van der Waals surface area contributed by atoms with E-state index in [2.05, 4.69) is 25.3 Å². The van der Waals surface area contributed by atoms with Gasteiger partial charge in [0, 0.05) is 35.3 Å². The summed E-state index contributed by atoms with van der Waals surface area (Å²) in [6.45, 7) is 3.35. The molecule has 32 heavy (non-hydrogen) atoms. The van der Waals surface area contributed by atoms with Crippen molar-refractivity contribution in [2.24, 2.45) is 0 Å². The first-order valence-electron chi connectivity index (χ1n) is 9.81. The van der Waals surface area contributed by atoms with Gasteiger partial charge in [-0.2, -0.15) is 0 Å². The summed E-state index contributed by atoms with van der Waals surface area (Å²) >= 11 is 0. The number of hydrogen-bond donors (Lipinski definition) is 3. The standard InChI is InChI=1S/C23H20F2N6O/c1-12-9-14(10-13(2)29-12)19-20(18-7-4-8-27-18)31-22(26)21(30-19)23(32)28-11-15-16(24)5-3-6-17(15)25/h3-10,27H,11H2,1-2H3,(H2,26,31)(H,28,32). The number of nitrogens with one attached hydrogen (secondary N) is 2. The SMILES string of the molecule is Cc1cc(-c2nc(C(=O)NCc3c(F)cccc3F)c(N)nc2-c2ccc[nH]2)cc(C)n1. The van der Waals surface area contributed by atoms with E-state index in [0.29, 0.717) is 22.6 Å². The predicted octanol–water partition coefficient (Wildman–Crippen LogP) is 3.94. The first kappa shape index (κ1) is 21.1. The Balaban J connectivity index is 1.75. The van der Waals surface area contributed by atoms with Crippen molar-refractivity contribution < 1.29 is 13.6 Å². The van der Waals surface area contributed by atoms with Gasteiger partial charge in [0.2, 0.25) is 0 Å². The summed E-state index contributed by atoms with van der Waals surface area (Å²) in [5.41, 5.74) is 9.49. The largest absolute Gasteiger partial charge is 0.382 e. The molecule has 0 radical (unpaired) electrons. The molecule has 4 rings (SSSR count). The first-order chi connectivity index (χ1) is 15.3. The van der Waals surface area contributed by atoms with Crippen LogP contribution in [0.3, 0.4) is 0 Å². The fourth-order valence-electron chi connectivity index (χ4n) is 3.41. The van der Waals surface area contributed by atoms with E-state index in [9.17, 15) is 13.6 Å². The lowest BCUT2D eigenvalue weighted by Crippen LogP contribution is -2.26. The molecule has 9 heteroatoms. The summed E-state index contributed by atoms with van der Waals surface area (Å²) in [5, 5.41) is 2.47. The van der Waals surface area contributed by atoms with Crippen LogP contribution in [-0.2, 0) is 6.54 Å². The third-order valence-corrected chi connectivity index (χ3v) is 4.83. The van der Waals surface area contributed by atoms with Crippen LogP contribution in [0.25, 0.3) is 22.6 Å². The number of nitrogen functional groups attached to an aromatic ring is 1. The Labute approximate surface area is 182 Å². The second kappa shape index (κ2) is 8.54. The highest BCUT2D eigenvalue weighted by Gasteiger charge is 2.21. The molecule has 0 aliphatic heterocycles. The molecule has 162 valence electrons. The molecule has 0 aliphatic rings. The number of nitrogens with zero attached hydrogens (tertiary/aromatic N) is 3. The number of halogens is 2. The minimum Gasteiger partial charge on any atom is -0.382 e. The molecule has 0 bridgehead atoms. The van der Waals surface area contributed by atoms with Crippen LogP contribution in [0.1, 0.15) is 27.4 Å². The molecule has 1 amide bonds. The maximum absolute atomic E-state index is 13.9. The summed E-state index contributed by atoms with van der Waals surface area (Å²) in [6.07, 6.45) is 1.74. The van der Waals surface area contributed by atoms with Crippen LogP contribution in [0.4, 0.5) is 14.6 Å². The lowest BCUT2D eigenvalue weighted by Gasteiger charge is -2.13. The zero-order chi connectivity index (χ0) is 22.8. The van der Waals surface area contributed by atoms with E-state index >= 15 is 0 Å². The highest BCUT2D eigenvalue weighted by molar-refractivity contribution is 5.97. The molecule has 3 heterocycles. The number of rotatable bonds is 5. The maximum Gasteiger partial charge on any atom is 0.274 e. The number of amides is 1. The number of anilines is 1. The van der Waals surface area contributed by atoms with E-state index in [1.807, 2.05) is 38.1 Å². The first-order valence-corrected chi connectivity index (χ1v) is 9.81. The molecule has 0 fully saturated rings. The molecular weight excluding hydrogens is 414 g/mol. The summed E-state index contributed by atoms with van der Waals surface area (Å²) in [4.78, 5) is 29.2. The third kappa shape index (κ3) is 4.18. The Kier molecular flexibility index (Phi) is 5.63. The van der Waals surface area contributed by atoms with Gasteiger partial charge in [0.1, 0.15) is 17.3 Å². The van der Waals surface area contributed by atoms with Crippen molar-refractivity contribution in [3.63, 3.8) is 0 Å². The van der Waals surface area contributed by atoms with Crippen LogP contribution in [0.5, 0.6) is 0 Å². The van der Waals surface area contributed by atoms with E-state index in [1.165, 1.54) is 6.07 Å². The lowest BCUT2D eigenvalue weighted by molar-refractivity contribution is 0.0946. The molecule has 4 N–H and O–H groups in total. The monoisotopic (exact) mass is 434 g/mol. The number of hydrogen-bond acceptors (Lipinski definition) is 5. The number of benzene rings is 1. The molecule has 0 atom stereocenters. The minimum atomic E-state index is -0.755. The van der Waals surface area contributed by atoms with Crippen LogP contribution in [-0.4, -0.2) is 25.8 Å². The Bertz CT molecular complexity index is 1260. The normalized spacial score (nSPS) is 10.9. The van der Waals surface area contributed by atoms with E-state index < -0.39 is 17.5 Å². The van der Waals surface area contributed by atoms with Crippen molar-refractivity contribution in [3.05, 3.63) is 82.9 Å². The molecule has 0 saturated carbocycles. The zero-order valence-corrected chi connectivity index (χ0v) is 17.4. The van der Waals surface area contributed by atoms with Crippen molar-refractivity contribution in [2.45, 2.75) is 20.4 Å². The van der Waals surface area contributed by atoms with Crippen LogP contribution < -0.4 is 11.1 Å². The van der Waals surface area contributed by atoms with Gasteiger partial charge in [-0.15, -0.1) is 0 Å². The topological polar surface area (TPSA) is 110 Å². The third-order valence-electron chi connectivity index (χ3n) is 4.83. The van der Waals surface area contributed by atoms with Gasteiger partial charge in [-0.3, -0.25) is 9.78 Å².